The van der Waals surface area contributed by atoms with Crippen molar-refractivity contribution in [2.45, 2.75) is 31.8 Å². The van der Waals surface area contributed by atoms with Gasteiger partial charge in [-0.05, 0) is 12.5 Å². The van der Waals surface area contributed by atoms with Gasteiger partial charge >= 0.3 is 0 Å². The minimum absolute atomic E-state index is 0.202. The number of benzene rings is 1. The second-order valence-corrected chi connectivity index (χ2v) is 5.00. The molecule has 2 aliphatic rings. The van der Waals surface area contributed by atoms with E-state index in [4.69, 9.17) is 4.74 Å². The average molecular weight is 279 g/mol. The maximum absolute atomic E-state index is 14.3. The quantitative estimate of drug-likeness (QED) is 0.784. The molecule has 2 amide bonds. The van der Waals surface area contributed by atoms with Crippen LogP contribution in [0, 0.1) is 5.82 Å². The SMILES string of the molecule is O=C1CCC(c2c(F)cc(CO)c3c2CCO3)C(=O)N1. The summed E-state index contributed by atoms with van der Waals surface area (Å²) < 4.78 is 19.8. The Morgan fingerprint density at radius 3 is 2.90 bits per heavy atom. The molecule has 1 atom stereocenters. The summed E-state index contributed by atoms with van der Waals surface area (Å²) in [7, 11) is 0. The molecule has 1 saturated heterocycles. The molecule has 106 valence electrons. The maximum Gasteiger partial charge on any atom is 0.234 e. The summed E-state index contributed by atoms with van der Waals surface area (Å²) in [5, 5.41) is 11.5. The number of hydrogen-bond donors (Lipinski definition) is 2. The number of halogens is 1. The monoisotopic (exact) mass is 279 g/mol. The third-order valence-corrected chi connectivity index (χ3v) is 3.81. The first kappa shape index (κ1) is 13.1. The molecule has 0 aromatic heterocycles. The zero-order valence-electron chi connectivity index (χ0n) is 10.7. The van der Waals surface area contributed by atoms with Crippen LogP contribution in [-0.4, -0.2) is 23.5 Å². The number of imide groups is 1. The summed E-state index contributed by atoms with van der Waals surface area (Å²) in [4.78, 5) is 23.1. The van der Waals surface area contributed by atoms with Crippen LogP contribution < -0.4 is 10.1 Å². The summed E-state index contributed by atoms with van der Waals surface area (Å²) in [6, 6.07) is 1.21. The number of hydrogen-bond acceptors (Lipinski definition) is 4. The highest BCUT2D eigenvalue weighted by atomic mass is 19.1. The number of piperidine rings is 1. The number of carbonyl (C=O) groups excluding carboxylic acids is 2. The van der Waals surface area contributed by atoms with Gasteiger partial charge in [0.05, 0.1) is 19.1 Å². The molecule has 1 fully saturated rings. The fourth-order valence-corrected chi connectivity index (χ4v) is 2.90. The third kappa shape index (κ3) is 1.96. The van der Waals surface area contributed by atoms with Crippen molar-refractivity contribution in [3.8, 4) is 5.75 Å². The van der Waals surface area contributed by atoms with Gasteiger partial charge in [0, 0.05) is 29.5 Å². The number of rotatable bonds is 2. The Morgan fingerprint density at radius 1 is 1.40 bits per heavy atom. The predicted octanol–water partition coefficient (Wildman–Crippen LogP) is 0.773. The number of amides is 2. The van der Waals surface area contributed by atoms with E-state index in [1.165, 1.54) is 6.07 Å². The molecule has 0 bridgehead atoms. The van der Waals surface area contributed by atoms with Gasteiger partial charge in [0.25, 0.3) is 0 Å². The molecule has 0 aliphatic carbocycles. The average Bonchev–Trinajstić information content (AvgIpc) is 2.88. The van der Waals surface area contributed by atoms with E-state index in [-0.39, 0.29) is 18.9 Å². The normalized spacial score (nSPS) is 21.4. The second kappa shape index (κ2) is 4.86. The molecule has 0 saturated carbocycles. The Kier molecular flexibility index (Phi) is 3.17. The van der Waals surface area contributed by atoms with Crippen LogP contribution in [0.3, 0.4) is 0 Å². The second-order valence-electron chi connectivity index (χ2n) is 5.00. The summed E-state index contributed by atoms with van der Waals surface area (Å²) in [6.07, 6.45) is 1.01. The summed E-state index contributed by atoms with van der Waals surface area (Å²) in [6.45, 7) is 0.0982. The lowest BCUT2D eigenvalue weighted by Crippen LogP contribution is -2.40. The van der Waals surface area contributed by atoms with Crippen molar-refractivity contribution in [2.75, 3.05) is 6.61 Å². The molecule has 1 aromatic carbocycles. The minimum Gasteiger partial charge on any atom is -0.493 e. The van der Waals surface area contributed by atoms with E-state index < -0.39 is 17.6 Å². The maximum atomic E-state index is 14.3. The lowest BCUT2D eigenvalue weighted by atomic mass is 9.85. The van der Waals surface area contributed by atoms with Crippen LogP contribution in [0.5, 0.6) is 5.75 Å². The molecule has 2 heterocycles. The van der Waals surface area contributed by atoms with Gasteiger partial charge in [-0.15, -0.1) is 0 Å². The van der Waals surface area contributed by atoms with Crippen molar-refractivity contribution in [3.05, 3.63) is 28.6 Å². The zero-order valence-corrected chi connectivity index (χ0v) is 10.7. The molecule has 2 N–H and O–H groups in total. The summed E-state index contributed by atoms with van der Waals surface area (Å²) >= 11 is 0. The van der Waals surface area contributed by atoms with Crippen molar-refractivity contribution in [3.63, 3.8) is 0 Å². The lowest BCUT2D eigenvalue weighted by Gasteiger charge is -2.23. The van der Waals surface area contributed by atoms with E-state index in [9.17, 15) is 19.1 Å². The van der Waals surface area contributed by atoms with E-state index in [0.29, 0.717) is 41.9 Å². The van der Waals surface area contributed by atoms with Crippen LogP contribution in [0.15, 0.2) is 6.07 Å². The molecule has 20 heavy (non-hydrogen) atoms. The van der Waals surface area contributed by atoms with Gasteiger partial charge in [0.1, 0.15) is 11.6 Å². The smallest absolute Gasteiger partial charge is 0.234 e. The summed E-state index contributed by atoms with van der Waals surface area (Å²) in [5.41, 5.74) is 1.34. The highest BCUT2D eigenvalue weighted by molar-refractivity contribution is 6.01. The highest BCUT2D eigenvalue weighted by Gasteiger charge is 2.35. The topological polar surface area (TPSA) is 75.6 Å². The van der Waals surface area contributed by atoms with Gasteiger partial charge in [-0.2, -0.15) is 0 Å². The molecule has 6 heteroatoms. The van der Waals surface area contributed by atoms with Crippen LogP contribution in [0.1, 0.15) is 35.4 Å². The first-order valence-corrected chi connectivity index (χ1v) is 6.53. The number of aliphatic hydroxyl groups excluding tert-OH is 1. The first-order valence-electron chi connectivity index (χ1n) is 6.53. The van der Waals surface area contributed by atoms with Crippen LogP contribution in [0.25, 0.3) is 0 Å². The Morgan fingerprint density at radius 2 is 2.20 bits per heavy atom. The number of fused-ring (bicyclic) bond motifs is 1. The van der Waals surface area contributed by atoms with E-state index in [1.807, 2.05) is 0 Å². The molecule has 1 aromatic rings. The fourth-order valence-electron chi connectivity index (χ4n) is 2.90. The van der Waals surface area contributed by atoms with Crippen LogP contribution >= 0.6 is 0 Å². The number of nitrogens with one attached hydrogen (secondary N) is 1. The molecule has 0 spiro atoms. The van der Waals surface area contributed by atoms with Gasteiger partial charge in [0.15, 0.2) is 0 Å². The van der Waals surface area contributed by atoms with E-state index in [1.54, 1.807) is 0 Å². The molecule has 0 radical (unpaired) electrons. The van der Waals surface area contributed by atoms with Crippen LogP contribution in [0.2, 0.25) is 0 Å². The minimum atomic E-state index is -0.670. The van der Waals surface area contributed by atoms with E-state index in [2.05, 4.69) is 5.32 Å². The van der Waals surface area contributed by atoms with Gasteiger partial charge in [0.2, 0.25) is 11.8 Å². The Hall–Kier alpha value is -1.95. The largest absolute Gasteiger partial charge is 0.493 e. The van der Waals surface area contributed by atoms with Gasteiger partial charge in [-0.25, -0.2) is 4.39 Å². The van der Waals surface area contributed by atoms with Crippen LogP contribution in [0.4, 0.5) is 4.39 Å². The van der Waals surface area contributed by atoms with E-state index in [0.717, 1.165) is 0 Å². The third-order valence-electron chi connectivity index (χ3n) is 3.81. The molecular weight excluding hydrogens is 265 g/mol. The van der Waals surface area contributed by atoms with Gasteiger partial charge < -0.3 is 9.84 Å². The van der Waals surface area contributed by atoms with Crippen molar-refractivity contribution in [1.29, 1.82) is 0 Å². The molecule has 3 rings (SSSR count). The van der Waals surface area contributed by atoms with Crippen molar-refractivity contribution in [2.24, 2.45) is 0 Å². The number of carbonyl (C=O) groups is 2. The summed E-state index contributed by atoms with van der Waals surface area (Å²) in [5.74, 6) is -1.50. The van der Waals surface area contributed by atoms with Crippen molar-refractivity contribution in [1.82, 2.24) is 5.32 Å². The number of aliphatic hydroxyl groups is 1. The van der Waals surface area contributed by atoms with Crippen LogP contribution in [-0.2, 0) is 22.6 Å². The predicted molar refractivity (Wildman–Crippen MR) is 66.6 cm³/mol. The van der Waals surface area contributed by atoms with Crippen molar-refractivity contribution >= 4 is 11.8 Å². The highest BCUT2D eigenvalue weighted by Crippen LogP contribution is 2.40. The van der Waals surface area contributed by atoms with Gasteiger partial charge in [-0.1, -0.05) is 0 Å². The molecular formula is C14H14FNO4. The zero-order chi connectivity index (χ0) is 14.3. The number of ether oxygens (including phenoxy) is 1. The molecule has 1 unspecified atom stereocenters. The fraction of sp³-hybridized carbons (Fsp3) is 0.429. The van der Waals surface area contributed by atoms with Gasteiger partial charge in [-0.3, -0.25) is 14.9 Å². The standard InChI is InChI=1S/C14H14FNO4/c15-10-5-7(6-17)13-8(3-4-20-13)12(10)9-1-2-11(18)16-14(9)19/h5,9,17H,1-4,6H2,(H,16,18,19). The van der Waals surface area contributed by atoms with Crippen molar-refractivity contribution < 1.29 is 23.8 Å². The lowest BCUT2D eigenvalue weighted by molar-refractivity contribution is -0.134. The Bertz CT molecular complexity index is 599. The first-order chi connectivity index (χ1) is 9.61. The molecule has 2 aliphatic heterocycles. The molecule has 5 nitrogen and oxygen atoms in total. The Balaban J connectivity index is 2.08. The van der Waals surface area contributed by atoms with E-state index >= 15 is 0 Å². The Labute approximate surface area is 114 Å².